The minimum atomic E-state index is -3.11. The van der Waals surface area contributed by atoms with Gasteiger partial charge in [0, 0.05) is 6.26 Å². The average Bonchev–Trinajstić information content (AvgIpc) is 2.85. The van der Waals surface area contributed by atoms with E-state index in [0.717, 1.165) is 6.26 Å². The highest BCUT2D eigenvalue weighted by Crippen LogP contribution is 2.21. The Hall–Kier alpha value is -1.51. The van der Waals surface area contributed by atoms with Gasteiger partial charge in [0.05, 0.1) is 17.4 Å². The van der Waals surface area contributed by atoms with Crippen LogP contribution in [0.15, 0.2) is 28.8 Å². The molecule has 0 fully saturated rings. The van der Waals surface area contributed by atoms with Gasteiger partial charge in [0.2, 0.25) is 11.7 Å². The number of aromatic nitrogens is 2. The quantitative estimate of drug-likeness (QED) is 0.893. The van der Waals surface area contributed by atoms with Gasteiger partial charge in [-0.1, -0.05) is 17.3 Å². The second-order valence-corrected chi connectivity index (χ2v) is 6.72. The molecule has 1 atom stereocenters. The molecule has 1 aromatic heterocycles. The van der Waals surface area contributed by atoms with Gasteiger partial charge in [-0.2, -0.15) is 4.98 Å². The van der Waals surface area contributed by atoms with Crippen molar-refractivity contribution in [2.75, 3.05) is 12.0 Å². The summed E-state index contributed by atoms with van der Waals surface area (Å²) in [5, 5.41) is 3.66. The molecule has 2 aromatic rings. The SMILES string of the molecule is CS(=O)(=O)CCC(N)c1nc(-c2ccccc2F)no1.Cl. The Morgan fingerprint density at radius 1 is 1.38 bits per heavy atom. The lowest BCUT2D eigenvalue weighted by Crippen LogP contribution is -2.16. The fraction of sp³-hybridized carbons (Fsp3) is 0.333. The van der Waals surface area contributed by atoms with Gasteiger partial charge in [-0.3, -0.25) is 0 Å². The molecule has 2 rings (SSSR count). The van der Waals surface area contributed by atoms with Crippen molar-refractivity contribution in [3.8, 4) is 11.4 Å². The number of hydrogen-bond acceptors (Lipinski definition) is 6. The summed E-state index contributed by atoms with van der Waals surface area (Å²) >= 11 is 0. The van der Waals surface area contributed by atoms with Gasteiger partial charge in [0.15, 0.2) is 0 Å². The van der Waals surface area contributed by atoms with Gasteiger partial charge in [-0.25, -0.2) is 12.8 Å². The largest absolute Gasteiger partial charge is 0.337 e. The first-order valence-electron chi connectivity index (χ1n) is 5.88. The highest BCUT2D eigenvalue weighted by atomic mass is 35.5. The molecule has 0 bridgehead atoms. The first-order chi connectivity index (χ1) is 9.37. The van der Waals surface area contributed by atoms with Crippen LogP contribution in [0.1, 0.15) is 18.4 Å². The summed E-state index contributed by atoms with van der Waals surface area (Å²) in [6.07, 6.45) is 1.29. The van der Waals surface area contributed by atoms with Crippen LogP contribution in [0.2, 0.25) is 0 Å². The third kappa shape index (κ3) is 4.76. The summed E-state index contributed by atoms with van der Waals surface area (Å²) in [5.41, 5.74) is 5.98. The molecular weight excluding hydrogens is 321 g/mol. The van der Waals surface area contributed by atoms with Crippen LogP contribution in [-0.4, -0.2) is 30.6 Å². The lowest BCUT2D eigenvalue weighted by atomic mass is 10.2. The number of nitrogens with two attached hydrogens (primary N) is 1. The van der Waals surface area contributed by atoms with Crippen LogP contribution in [0.4, 0.5) is 4.39 Å². The third-order valence-electron chi connectivity index (χ3n) is 2.67. The van der Waals surface area contributed by atoms with Crippen molar-refractivity contribution in [3.63, 3.8) is 0 Å². The summed E-state index contributed by atoms with van der Waals surface area (Å²) in [5.74, 6) is -0.365. The average molecular weight is 336 g/mol. The second-order valence-electron chi connectivity index (χ2n) is 4.46. The van der Waals surface area contributed by atoms with E-state index in [1.807, 2.05) is 0 Å². The number of halogens is 2. The zero-order valence-corrected chi connectivity index (χ0v) is 12.8. The summed E-state index contributed by atoms with van der Waals surface area (Å²) in [6.45, 7) is 0. The van der Waals surface area contributed by atoms with E-state index in [0.29, 0.717) is 0 Å². The molecule has 1 unspecified atom stereocenters. The van der Waals surface area contributed by atoms with E-state index in [1.54, 1.807) is 12.1 Å². The first-order valence-corrected chi connectivity index (χ1v) is 7.94. The highest BCUT2D eigenvalue weighted by Gasteiger charge is 2.18. The maximum absolute atomic E-state index is 13.6. The van der Waals surface area contributed by atoms with Crippen molar-refractivity contribution in [3.05, 3.63) is 36.0 Å². The van der Waals surface area contributed by atoms with Gasteiger partial charge >= 0.3 is 0 Å². The van der Waals surface area contributed by atoms with Crippen molar-refractivity contribution in [1.82, 2.24) is 10.1 Å². The summed E-state index contributed by atoms with van der Waals surface area (Å²) in [4.78, 5) is 4.00. The molecule has 0 aliphatic rings. The maximum Gasteiger partial charge on any atom is 0.243 e. The van der Waals surface area contributed by atoms with Crippen molar-refractivity contribution in [2.24, 2.45) is 5.73 Å². The van der Waals surface area contributed by atoms with E-state index >= 15 is 0 Å². The lowest BCUT2D eigenvalue weighted by Gasteiger charge is -2.04. The Morgan fingerprint density at radius 2 is 2.05 bits per heavy atom. The molecule has 0 saturated heterocycles. The monoisotopic (exact) mass is 335 g/mol. The van der Waals surface area contributed by atoms with E-state index in [-0.39, 0.29) is 41.9 Å². The van der Waals surface area contributed by atoms with E-state index in [4.69, 9.17) is 10.3 Å². The standard InChI is InChI=1S/C12H14FN3O3S.ClH/c1-20(17,18)7-6-10(14)12-15-11(16-19-12)8-4-2-3-5-9(8)13;/h2-5,10H,6-7,14H2,1H3;1H. The number of rotatable bonds is 5. The summed E-state index contributed by atoms with van der Waals surface area (Å²) in [7, 11) is -3.11. The Labute approximate surface area is 127 Å². The Balaban J connectivity index is 0.00000220. The number of nitrogens with zero attached hydrogens (tertiary/aromatic N) is 2. The molecule has 116 valence electrons. The minimum absolute atomic E-state index is 0. The molecule has 0 saturated carbocycles. The fourth-order valence-electron chi connectivity index (χ4n) is 1.60. The summed E-state index contributed by atoms with van der Waals surface area (Å²) < 4.78 is 40.6. The molecule has 1 aromatic carbocycles. The van der Waals surface area contributed by atoms with Gasteiger partial charge < -0.3 is 10.3 Å². The predicted octanol–water partition coefficient (Wildman–Crippen LogP) is 1.73. The first kappa shape index (κ1) is 17.5. The Kier molecular flexibility index (Phi) is 5.82. The molecule has 2 N–H and O–H groups in total. The predicted molar refractivity (Wildman–Crippen MR) is 78.2 cm³/mol. The summed E-state index contributed by atoms with van der Waals surface area (Å²) in [6, 6.07) is 5.31. The van der Waals surface area contributed by atoms with Gasteiger partial charge in [0.25, 0.3) is 0 Å². The van der Waals surface area contributed by atoms with E-state index in [9.17, 15) is 12.8 Å². The fourth-order valence-corrected chi connectivity index (χ4v) is 2.28. The maximum atomic E-state index is 13.6. The van der Waals surface area contributed by atoms with Gasteiger partial charge in [-0.15, -0.1) is 12.4 Å². The van der Waals surface area contributed by atoms with Crippen LogP contribution < -0.4 is 5.73 Å². The van der Waals surface area contributed by atoms with Crippen LogP contribution in [0.3, 0.4) is 0 Å². The molecule has 0 aliphatic heterocycles. The molecule has 0 amide bonds. The molecule has 6 nitrogen and oxygen atoms in total. The highest BCUT2D eigenvalue weighted by molar-refractivity contribution is 7.90. The van der Waals surface area contributed by atoms with E-state index in [1.165, 1.54) is 12.1 Å². The molecule has 21 heavy (non-hydrogen) atoms. The zero-order chi connectivity index (χ0) is 14.8. The van der Waals surface area contributed by atoms with Crippen LogP contribution in [0.25, 0.3) is 11.4 Å². The third-order valence-corrected chi connectivity index (χ3v) is 3.65. The normalized spacial score (nSPS) is 12.7. The smallest absolute Gasteiger partial charge is 0.243 e. The topological polar surface area (TPSA) is 99.1 Å². The van der Waals surface area contributed by atoms with Crippen molar-refractivity contribution >= 4 is 22.2 Å². The van der Waals surface area contributed by atoms with Crippen molar-refractivity contribution < 1.29 is 17.3 Å². The zero-order valence-electron chi connectivity index (χ0n) is 11.2. The second kappa shape index (κ2) is 6.97. The van der Waals surface area contributed by atoms with Gasteiger partial charge in [-0.05, 0) is 18.6 Å². The number of benzene rings is 1. The Morgan fingerprint density at radius 3 is 2.67 bits per heavy atom. The molecule has 0 spiro atoms. The minimum Gasteiger partial charge on any atom is -0.337 e. The van der Waals surface area contributed by atoms with Crippen molar-refractivity contribution in [1.29, 1.82) is 0 Å². The van der Waals surface area contributed by atoms with Crippen LogP contribution in [-0.2, 0) is 9.84 Å². The Bertz CT molecular complexity index is 705. The molecule has 0 aliphatic carbocycles. The van der Waals surface area contributed by atoms with E-state index < -0.39 is 21.7 Å². The lowest BCUT2D eigenvalue weighted by molar-refractivity contribution is 0.352. The van der Waals surface area contributed by atoms with Crippen LogP contribution >= 0.6 is 12.4 Å². The molecule has 0 radical (unpaired) electrons. The van der Waals surface area contributed by atoms with Crippen molar-refractivity contribution in [2.45, 2.75) is 12.5 Å². The molecule has 1 heterocycles. The van der Waals surface area contributed by atoms with E-state index in [2.05, 4.69) is 10.1 Å². The number of hydrogen-bond donors (Lipinski definition) is 1. The number of sulfone groups is 1. The van der Waals surface area contributed by atoms with Gasteiger partial charge in [0.1, 0.15) is 15.7 Å². The van der Waals surface area contributed by atoms with Crippen LogP contribution in [0.5, 0.6) is 0 Å². The van der Waals surface area contributed by atoms with Crippen LogP contribution in [0, 0.1) is 5.82 Å². The molecule has 9 heteroatoms. The molecular formula is C12H15ClFN3O3S.